The van der Waals surface area contributed by atoms with E-state index in [-0.39, 0.29) is 31.5 Å². The number of hydrogen-bond donors (Lipinski definition) is 4. The molecule has 9 aromatic carbocycles. The number of benzene rings is 9. The fourth-order valence-electron chi connectivity index (χ4n) is 14.2. The van der Waals surface area contributed by atoms with Crippen LogP contribution in [0.15, 0.2) is 241 Å². The molecule has 556 valence electrons. The fourth-order valence-corrected chi connectivity index (χ4v) is 14.5. The highest BCUT2D eigenvalue weighted by Crippen LogP contribution is 2.41. The van der Waals surface area contributed by atoms with Crippen LogP contribution in [-0.4, -0.2) is 159 Å². The van der Waals surface area contributed by atoms with Crippen molar-refractivity contribution in [1.82, 2.24) is 14.7 Å². The summed E-state index contributed by atoms with van der Waals surface area (Å²) in [6.07, 6.45) is 4.46. The van der Waals surface area contributed by atoms with Crippen LogP contribution in [0.5, 0.6) is 11.5 Å². The number of esters is 1. The van der Waals surface area contributed by atoms with Gasteiger partial charge in [-0.25, -0.2) is 0 Å². The molecule has 0 spiro atoms. The smallest absolute Gasteiger partial charge is 0.316 e. The molecule has 0 aromatic heterocycles. The van der Waals surface area contributed by atoms with Crippen LogP contribution in [0.4, 0.5) is 17.1 Å². The van der Waals surface area contributed by atoms with Gasteiger partial charge in [0.2, 0.25) is 0 Å². The second kappa shape index (κ2) is 39.6. The number of aromatic hydroxyl groups is 1. The monoisotopic (exact) mass is 1490 g/mol. The molecule has 9 aromatic rings. The summed E-state index contributed by atoms with van der Waals surface area (Å²) in [7, 11) is 2.17. The lowest BCUT2D eigenvalue weighted by atomic mass is 9.87. The third kappa shape index (κ3) is 22.1. The predicted octanol–water partition coefficient (Wildman–Crippen LogP) is 18.5. The highest BCUT2D eigenvalue weighted by atomic mass is 79.9. The van der Waals surface area contributed by atoms with E-state index >= 15 is 0 Å². The van der Waals surface area contributed by atoms with Gasteiger partial charge in [-0.15, -0.1) is 0 Å². The number of anilines is 3. The number of hydrogen-bond acceptors (Lipinski definition) is 12. The van der Waals surface area contributed by atoms with Crippen molar-refractivity contribution in [2.45, 2.75) is 99.1 Å². The highest BCUT2D eigenvalue weighted by molar-refractivity contribution is 9.10. The largest absolute Gasteiger partial charge is 0.508 e. The molecule has 106 heavy (non-hydrogen) atoms. The Morgan fingerprint density at radius 3 is 0.934 bits per heavy atom. The highest BCUT2D eigenvalue weighted by Gasteiger charge is 2.26. The van der Waals surface area contributed by atoms with Crippen LogP contribution >= 0.6 is 15.9 Å². The number of nitrogens with zero attached hydrogens (tertiary/aromatic N) is 6. The van der Waals surface area contributed by atoms with Crippen molar-refractivity contribution in [2.75, 3.05) is 120 Å². The van der Waals surface area contributed by atoms with Crippen LogP contribution in [0.1, 0.15) is 137 Å². The summed E-state index contributed by atoms with van der Waals surface area (Å²) < 4.78 is 6.70. The molecule has 13 heteroatoms. The lowest BCUT2D eigenvalue weighted by Gasteiger charge is -2.38. The maximum Gasteiger partial charge on any atom is 0.316 e. The minimum absolute atomic E-state index is 0.133. The van der Waals surface area contributed by atoms with Crippen LogP contribution in [-0.2, 0) is 4.79 Å². The summed E-state index contributed by atoms with van der Waals surface area (Å²) >= 11 is 3.58. The number of allylic oxidation sites excluding steroid dienone is 3. The van der Waals surface area contributed by atoms with Gasteiger partial charge >= 0.3 is 5.97 Å². The Hall–Kier alpha value is -8.89. The van der Waals surface area contributed by atoms with Crippen molar-refractivity contribution in [2.24, 2.45) is 5.41 Å². The van der Waals surface area contributed by atoms with Crippen LogP contribution in [0.25, 0.3) is 33.4 Å². The maximum absolute atomic E-state index is 12.4. The molecule has 3 saturated heterocycles. The van der Waals surface area contributed by atoms with Gasteiger partial charge in [-0.3, -0.25) is 14.6 Å². The zero-order valence-electron chi connectivity index (χ0n) is 63.7. The van der Waals surface area contributed by atoms with E-state index in [4.69, 9.17) is 4.74 Å². The van der Waals surface area contributed by atoms with Gasteiger partial charge < -0.3 is 44.8 Å². The lowest BCUT2D eigenvalue weighted by molar-refractivity contribution is -0.143. The first-order valence-corrected chi connectivity index (χ1v) is 39.0. The minimum atomic E-state index is -0.569. The average molecular weight is 1490 g/mol. The van der Waals surface area contributed by atoms with Gasteiger partial charge in [0.25, 0.3) is 0 Å². The summed E-state index contributed by atoms with van der Waals surface area (Å²) in [5.41, 5.74) is 20.7. The first-order chi connectivity index (χ1) is 51.4. The molecule has 3 aliphatic heterocycles. The van der Waals surface area contributed by atoms with Crippen LogP contribution in [0.3, 0.4) is 0 Å². The molecule has 12 rings (SSSR count). The van der Waals surface area contributed by atoms with Gasteiger partial charge in [-0.2, -0.15) is 0 Å². The van der Waals surface area contributed by atoms with Crippen molar-refractivity contribution in [3.8, 4) is 11.5 Å². The number of carbonyl (C=O) groups excluding carboxylic acids is 1. The topological polar surface area (TPSA) is 127 Å². The lowest BCUT2D eigenvalue weighted by Crippen LogP contribution is -2.48. The van der Waals surface area contributed by atoms with E-state index in [2.05, 4.69) is 256 Å². The Morgan fingerprint density at radius 1 is 0.377 bits per heavy atom. The quantitative estimate of drug-likeness (QED) is 0.0261. The zero-order chi connectivity index (χ0) is 75.0. The number of phenolic OH excluding ortho intramolecular Hbond substituents is 1. The first kappa shape index (κ1) is 79.7. The summed E-state index contributed by atoms with van der Waals surface area (Å²) in [4.78, 5) is 27.3. The number of aliphatic hydroxyl groups is 3. The number of piperazine rings is 3. The number of phenols is 1. The minimum Gasteiger partial charge on any atom is -0.508 e. The van der Waals surface area contributed by atoms with Crippen molar-refractivity contribution < 1.29 is 30.0 Å². The molecule has 0 radical (unpaired) electrons. The van der Waals surface area contributed by atoms with E-state index < -0.39 is 5.41 Å². The first-order valence-electron chi connectivity index (χ1n) is 38.2. The summed E-state index contributed by atoms with van der Waals surface area (Å²) in [5, 5.41) is 38.8. The number of ether oxygens (including phenoxy) is 1. The van der Waals surface area contributed by atoms with Crippen molar-refractivity contribution in [1.29, 1.82) is 0 Å². The molecule has 12 nitrogen and oxygen atoms in total. The maximum atomic E-state index is 12.4. The Morgan fingerprint density at radius 2 is 0.651 bits per heavy atom. The van der Waals surface area contributed by atoms with E-state index in [1.54, 1.807) is 12.1 Å². The standard InChI is InChI=1S/C33H40N2O3.C30H35BrN2O.C30H36N2O2/c1-33(2,3)32(37)38-29-18-14-27(15-19-29)31(30(11-8-24-36)25-9-6-5-7-10-25)26-12-16-28(17-13-26)35-22-20-34(4)21-23-35;1-23(2)32-18-20-33(21-19-32)28-16-12-26(13-17-28)30(25-10-14-27(31)15-11-25)29(9-6-22-34)24-7-4-3-5-8-24;1-23(2)31-18-20-32(21-19-31)27-14-10-25(11-15-27)30(26-12-16-28(34)17-13-26)29(9-6-22-33)24-7-4-3-5-8-24/h5-7,9-10,12-19,36H,8,11,20-24H2,1-4H3;3-5,7-8,10-17,23,34H,6,9,18-22H2,1-2H3;3-5,7-8,10-17,23,33-34H,6,9,18-22H2,1-2H3/b31-30+;30-29-;30-29+. The summed E-state index contributed by atoms with van der Waals surface area (Å²) in [6, 6.07) is 83.2. The van der Waals surface area contributed by atoms with Crippen LogP contribution < -0.4 is 19.4 Å². The van der Waals surface area contributed by atoms with Gasteiger partial charge in [-0.1, -0.05) is 180 Å². The fraction of sp³-hybridized carbons (Fsp3) is 0.344. The molecule has 3 aliphatic rings. The van der Waals surface area contributed by atoms with Crippen molar-refractivity contribution in [3.05, 3.63) is 291 Å². The van der Waals surface area contributed by atoms with E-state index in [1.807, 2.05) is 69.3 Å². The Labute approximate surface area is 640 Å². The second-order valence-corrected chi connectivity index (χ2v) is 30.4. The SMILES string of the molecule is CC(C)N1CCN(c2ccc(/C(=C(/CCCO)c3ccccc3)c3ccc(Br)cc3)cc2)CC1.CC(C)N1CCN(c2ccc(/C(=C(/CCCO)c3ccccc3)c3ccc(O)cc3)cc2)CC1.CN1CCN(c2ccc(/C(=C(/CCCO)c3ccccc3)c3ccc(OC(=O)C(C)(C)C)cc3)cc2)CC1. The van der Waals surface area contributed by atoms with Crippen molar-refractivity contribution >= 4 is 72.4 Å². The number of halogens is 1. The number of rotatable bonds is 24. The Kier molecular flexibility index (Phi) is 29.8. The summed E-state index contributed by atoms with van der Waals surface area (Å²) in [5.74, 6) is 0.541. The summed E-state index contributed by atoms with van der Waals surface area (Å²) in [6.45, 7) is 27.9. The Bertz CT molecular complexity index is 4050. The molecular weight excluding hydrogens is 1380 g/mol. The van der Waals surface area contributed by atoms with Gasteiger partial charge in [0, 0.05) is 132 Å². The predicted molar refractivity (Wildman–Crippen MR) is 447 cm³/mol. The van der Waals surface area contributed by atoms with E-state index in [0.717, 1.165) is 153 Å². The number of likely N-dealkylation sites (N-methyl/N-ethyl adjacent to an activating group) is 1. The number of aliphatic hydroxyl groups excluding tert-OH is 3. The molecule has 3 heterocycles. The van der Waals surface area contributed by atoms with E-state index in [0.29, 0.717) is 30.7 Å². The normalized spacial score (nSPS) is 15.4. The Balaban J connectivity index is 0.000000170. The zero-order valence-corrected chi connectivity index (χ0v) is 65.3. The molecule has 0 saturated carbocycles. The number of carbonyl (C=O) groups is 1. The molecular formula is C93H111BrN6O6. The molecule has 0 bridgehead atoms. The van der Waals surface area contributed by atoms with Crippen LogP contribution in [0.2, 0.25) is 0 Å². The third-order valence-corrected chi connectivity index (χ3v) is 21.0. The molecule has 4 N–H and O–H groups in total. The molecule has 3 fully saturated rings. The van der Waals surface area contributed by atoms with Crippen LogP contribution in [0, 0.1) is 5.41 Å². The molecule has 0 unspecified atom stereocenters. The van der Waals surface area contributed by atoms with E-state index in [9.17, 15) is 25.2 Å². The van der Waals surface area contributed by atoms with Gasteiger partial charge in [0.05, 0.1) is 5.41 Å². The van der Waals surface area contributed by atoms with Gasteiger partial charge in [0.15, 0.2) is 0 Å². The van der Waals surface area contributed by atoms with E-state index in [1.165, 1.54) is 56.0 Å². The molecule has 0 amide bonds. The second-order valence-electron chi connectivity index (χ2n) is 29.5. The molecule has 0 atom stereocenters. The third-order valence-electron chi connectivity index (χ3n) is 20.4. The average Bonchev–Trinajstić information content (AvgIpc) is 0.792. The van der Waals surface area contributed by atoms with Gasteiger partial charge in [-0.05, 0) is 250 Å². The molecule has 0 aliphatic carbocycles. The van der Waals surface area contributed by atoms with Gasteiger partial charge in [0.1, 0.15) is 11.5 Å². The van der Waals surface area contributed by atoms with Crippen molar-refractivity contribution in [3.63, 3.8) is 0 Å².